The van der Waals surface area contributed by atoms with Crippen molar-refractivity contribution in [2.75, 3.05) is 6.61 Å². The van der Waals surface area contributed by atoms with Gasteiger partial charge in [-0.2, -0.15) is 0 Å². The summed E-state index contributed by atoms with van der Waals surface area (Å²) in [6, 6.07) is 18.6. The van der Waals surface area contributed by atoms with Gasteiger partial charge in [0.15, 0.2) is 4.80 Å². The first-order chi connectivity index (χ1) is 19.5. The maximum Gasteiger partial charge on any atom is 0.379 e. The van der Waals surface area contributed by atoms with E-state index in [9.17, 15) is 14.4 Å². The van der Waals surface area contributed by atoms with Gasteiger partial charge in [0, 0.05) is 0 Å². The number of nitrogens with zero attached hydrogens (tertiary/aromatic N) is 2. The summed E-state index contributed by atoms with van der Waals surface area (Å²) in [5, 5.41) is 0. The molecule has 40 heavy (non-hydrogen) atoms. The van der Waals surface area contributed by atoms with Gasteiger partial charge in [-0.1, -0.05) is 78.6 Å². The van der Waals surface area contributed by atoms with Gasteiger partial charge < -0.3 is 13.9 Å². The summed E-state index contributed by atoms with van der Waals surface area (Å²) < 4.78 is 17.8. The molecule has 0 aliphatic carbocycles. The number of hydrogen-bond donors (Lipinski definition) is 0. The smallest absolute Gasteiger partial charge is 0.379 e. The third kappa shape index (κ3) is 5.55. The minimum atomic E-state index is -0.802. The van der Waals surface area contributed by atoms with E-state index in [1.807, 2.05) is 42.5 Å². The Bertz CT molecular complexity index is 1790. The molecule has 3 heterocycles. The van der Waals surface area contributed by atoms with Crippen LogP contribution in [0.5, 0.6) is 5.75 Å². The molecule has 200 valence electrons. The fraction of sp³-hybridized carbons (Fsp3) is 0.0968. The summed E-state index contributed by atoms with van der Waals surface area (Å²) in [4.78, 5) is 44.1. The summed E-state index contributed by atoms with van der Waals surface area (Å²) in [5.41, 5.74) is 2.01. The molecule has 0 N–H and O–H groups in total. The Hall–Kier alpha value is -5.02. The first kappa shape index (κ1) is 26.6. The van der Waals surface area contributed by atoms with Crippen molar-refractivity contribution in [2.24, 2.45) is 4.99 Å². The molecule has 4 aromatic rings. The number of ether oxygens (including phenoxy) is 2. The predicted molar refractivity (Wildman–Crippen MR) is 151 cm³/mol. The molecule has 0 bridgehead atoms. The van der Waals surface area contributed by atoms with Crippen LogP contribution in [0.4, 0.5) is 0 Å². The van der Waals surface area contributed by atoms with Gasteiger partial charge in [-0.3, -0.25) is 9.36 Å². The van der Waals surface area contributed by atoms with Gasteiger partial charge in [-0.25, -0.2) is 14.6 Å². The second-order valence-corrected chi connectivity index (χ2v) is 9.71. The van der Waals surface area contributed by atoms with Crippen LogP contribution in [-0.2, 0) is 9.53 Å². The second-order valence-electron chi connectivity index (χ2n) is 8.70. The number of rotatable bonds is 8. The highest BCUT2D eigenvalue weighted by atomic mass is 32.1. The van der Waals surface area contributed by atoms with E-state index in [2.05, 4.69) is 11.6 Å². The van der Waals surface area contributed by atoms with Crippen molar-refractivity contribution in [3.05, 3.63) is 140 Å². The lowest BCUT2D eigenvalue weighted by atomic mass is 9.96. The minimum Gasteiger partial charge on any atom is -0.458 e. The van der Waals surface area contributed by atoms with E-state index >= 15 is 0 Å². The Morgan fingerprint density at radius 3 is 2.55 bits per heavy atom. The van der Waals surface area contributed by atoms with Gasteiger partial charge in [0.25, 0.3) is 5.56 Å². The molecule has 9 heteroatoms. The Morgan fingerprint density at radius 2 is 1.85 bits per heavy atom. The molecule has 0 saturated carbocycles. The van der Waals surface area contributed by atoms with Crippen LogP contribution in [0.3, 0.4) is 0 Å². The van der Waals surface area contributed by atoms with Crippen LogP contribution >= 0.6 is 11.3 Å². The molecule has 5 rings (SSSR count). The SMILES string of the molecule is C=CCOC(=O)C1=C(C)N=c2s/c(=C/C=C/c3ccccc3)c(=O)n2C1c1ccc(OC(=O)c2ccco2)cc1. The zero-order chi connectivity index (χ0) is 28.1. The normalized spacial score (nSPS) is 15.0. The summed E-state index contributed by atoms with van der Waals surface area (Å²) in [5.74, 6) is -0.889. The lowest BCUT2D eigenvalue weighted by Crippen LogP contribution is -2.39. The maximum absolute atomic E-state index is 13.6. The van der Waals surface area contributed by atoms with Crippen LogP contribution in [0, 0.1) is 0 Å². The Labute approximate surface area is 233 Å². The molecular weight excluding hydrogens is 528 g/mol. The second kappa shape index (κ2) is 11.8. The van der Waals surface area contributed by atoms with Crippen LogP contribution in [0.1, 0.15) is 34.6 Å². The molecule has 0 radical (unpaired) electrons. The summed E-state index contributed by atoms with van der Waals surface area (Å²) in [6.07, 6.45) is 8.31. The van der Waals surface area contributed by atoms with Crippen LogP contribution in [-0.4, -0.2) is 23.1 Å². The van der Waals surface area contributed by atoms with Crippen molar-refractivity contribution in [1.29, 1.82) is 0 Å². The van der Waals surface area contributed by atoms with Crippen LogP contribution in [0.15, 0.2) is 117 Å². The van der Waals surface area contributed by atoms with E-state index in [4.69, 9.17) is 13.9 Å². The monoisotopic (exact) mass is 552 g/mol. The molecule has 1 unspecified atom stereocenters. The van der Waals surface area contributed by atoms with Crippen molar-refractivity contribution < 1.29 is 23.5 Å². The summed E-state index contributed by atoms with van der Waals surface area (Å²) >= 11 is 1.24. The lowest BCUT2D eigenvalue weighted by Gasteiger charge is -2.24. The molecular formula is C31H24N2O6S. The van der Waals surface area contributed by atoms with E-state index in [0.29, 0.717) is 20.6 Å². The molecule has 1 aliphatic rings. The molecule has 0 amide bonds. The highest BCUT2D eigenvalue weighted by Gasteiger charge is 2.33. The van der Waals surface area contributed by atoms with Gasteiger partial charge >= 0.3 is 11.9 Å². The van der Waals surface area contributed by atoms with E-state index < -0.39 is 18.0 Å². The molecule has 1 atom stereocenters. The van der Waals surface area contributed by atoms with Crippen LogP contribution in [0.2, 0.25) is 0 Å². The molecule has 0 fully saturated rings. The third-order valence-corrected chi connectivity index (χ3v) is 7.04. The fourth-order valence-corrected chi connectivity index (χ4v) is 5.20. The van der Waals surface area contributed by atoms with E-state index in [1.54, 1.807) is 43.3 Å². The average molecular weight is 553 g/mol. The first-order valence-corrected chi connectivity index (χ1v) is 13.2. The quantitative estimate of drug-likeness (QED) is 0.182. The Balaban J connectivity index is 1.54. The number of benzene rings is 2. The topological polar surface area (TPSA) is 100 Å². The van der Waals surface area contributed by atoms with Crippen molar-refractivity contribution in [2.45, 2.75) is 13.0 Å². The minimum absolute atomic E-state index is 0.0126. The Kier molecular flexibility index (Phi) is 7.84. The third-order valence-electron chi connectivity index (χ3n) is 6.04. The summed E-state index contributed by atoms with van der Waals surface area (Å²) in [6.45, 7) is 5.32. The Morgan fingerprint density at radius 1 is 1.07 bits per heavy atom. The van der Waals surface area contributed by atoms with Crippen molar-refractivity contribution in [1.82, 2.24) is 4.57 Å². The van der Waals surface area contributed by atoms with Crippen LogP contribution in [0.25, 0.3) is 12.2 Å². The number of allylic oxidation sites excluding steroid dienone is 2. The molecule has 2 aromatic carbocycles. The predicted octanol–water partition coefficient (Wildman–Crippen LogP) is 4.44. The number of hydrogen-bond acceptors (Lipinski definition) is 8. The number of furan rings is 1. The van der Waals surface area contributed by atoms with E-state index in [0.717, 1.165) is 5.56 Å². The van der Waals surface area contributed by atoms with Crippen LogP contribution < -0.4 is 19.6 Å². The summed E-state index contributed by atoms with van der Waals surface area (Å²) in [7, 11) is 0. The number of esters is 2. The number of carbonyl (C=O) groups excluding carboxylic acids is 2. The largest absolute Gasteiger partial charge is 0.458 e. The van der Waals surface area contributed by atoms with Crippen molar-refractivity contribution in [3.8, 4) is 5.75 Å². The number of carbonyl (C=O) groups is 2. The van der Waals surface area contributed by atoms with Gasteiger partial charge in [0.05, 0.1) is 28.1 Å². The standard InChI is InChI=1S/C31H24N2O6S/c1-3-18-38-30(36)26-20(2)32-31-33(28(34)25(40-31)13-7-11-21-9-5-4-6-10-21)27(26)22-14-16-23(17-15-22)39-29(35)24-12-8-19-37-24/h3-17,19,27H,1,18H2,2H3/b11-7+,25-13+. The highest BCUT2D eigenvalue weighted by Crippen LogP contribution is 2.31. The number of aromatic nitrogens is 1. The molecule has 1 aliphatic heterocycles. The molecule has 0 saturated heterocycles. The molecule has 2 aromatic heterocycles. The average Bonchev–Trinajstić information content (AvgIpc) is 3.61. The molecule has 0 spiro atoms. The van der Waals surface area contributed by atoms with Crippen molar-refractivity contribution >= 4 is 35.4 Å². The van der Waals surface area contributed by atoms with Crippen molar-refractivity contribution in [3.63, 3.8) is 0 Å². The molecule has 8 nitrogen and oxygen atoms in total. The highest BCUT2D eigenvalue weighted by molar-refractivity contribution is 7.07. The zero-order valence-corrected chi connectivity index (χ0v) is 22.3. The van der Waals surface area contributed by atoms with Gasteiger partial charge in [-0.15, -0.1) is 0 Å². The zero-order valence-electron chi connectivity index (χ0n) is 21.5. The maximum atomic E-state index is 13.6. The first-order valence-electron chi connectivity index (χ1n) is 12.3. The number of fused-ring (bicyclic) bond motifs is 1. The lowest BCUT2D eigenvalue weighted by molar-refractivity contribution is -0.138. The number of thiazole rings is 1. The van der Waals surface area contributed by atoms with Gasteiger partial charge in [-0.05, 0) is 48.4 Å². The van der Waals surface area contributed by atoms with E-state index in [-0.39, 0.29) is 29.2 Å². The fourth-order valence-electron chi connectivity index (χ4n) is 4.21. The van der Waals surface area contributed by atoms with Gasteiger partial charge in [0.2, 0.25) is 5.76 Å². The van der Waals surface area contributed by atoms with Gasteiger partial charge in [0.1, 0.15) is 12.4 Å². The van der Waals surface area contributed by atoms with E-state index in [1.165, 1.54) is 34.3 Å².